The molecule has 0 spiro atoms. The van der Waals surface area contributed by atoms with Gasteiger partial charge in [0.1, 0.15) is 23.3 Å². The summed E-state index contributed by atoms with van der Waals surface area (Å²) < 4.78 is 46.0. The summed E-state index contributed by atoms with van der Waals surface area (Å²) in [5.74, 6) is -1.65. The second-order valence-corrected chi connectivity index (χ2v) is 11.1. The van der Waals surface area contributed by atoms with Crippen molar-refractivity contribution in [3.63, 3.8) is 0 Å². The normalized spacial score (nSPS) is 22.3. The average Bonchev–Trinajstić information content (AvgIpc) is 2.98. The quantitative estimate of drug-likeness (QED) is 0.400. The molecule has 13 heteroatoms. The number of methoxy groups -OCH3 is 1. The van der Waals surface area contributed by atoms with Gasteiger partial charge in [0, 0.05) is 44.4 Å². The van der Waals surface area contributed by atoms with E-state index in [9.17, 15) is 14.0 Å². The predicted molar refractivity (Wildman–Crippen MR) is 156 cm³/mol. The number of rotatable bonds is 8. The van der Waals surface area contributed by atoms with Crippen LogP contribution < -0.4 is 25.0 Å². The number of benzene rings is 1. The van der Waals surface area contributed by atoms with Crippen molar-refractivity contribution in [1.82, 2.24) is 25.2 Å². The summed E-state index contributed by atoms with van der Waals surface area (Å²) in [6.07, 6.45) is 1.70. The number of nitrogens with one attached hydrogen (secondary N) is 2. The summed E-state index contributed by atoms with van der Waals surface area (Å²) in [5.41, 5.74) is 0.503. The van der Waals surface area contributed by atoms with Gasteiger partial charge >= 0.3 is 0 Å². The van der Waals surface area contributed by atoms with Gasteiger partial charge in [0.15, 0.2) is 5.60 Å². The number of pyridine rings is 1. The maximum Gasteiger partial charge on any atom is 0.298 e. The lowest BCUT2D eigenvalue weighted by Crippen LogP contribution is -2.60. The Morgan fingerprint density at radius 3 is 2.63 bits per heavy atom. The number of halogens is 2. The third kappa shape index (κ3) is 5.90. The lowest BCUT2D eigenvalue weighted by atomic mass is 9.90. The number of anilines is 3. The summed E-state index contributed by atoms with van der Waals surface area (Å²) in [7, 11) is 1.60. The highest BCUT2D eigenvalue weighted by atomic mass is 19.3. The van der Waals surface area contributed by atoms with Crippen LogP contribution in [0.25, 0.3) is 11.3 Å². The number of piperidine rings is 1. The van der Waals surface area contributed by atoms with Gasteiger partial charge in [-0.2, -0.15) is 10.2 Å². The van der Waals surface area contributed by atoms with Gasteiger partial charge in [-0.3, -0.25) is 4.90 Å². The van der Waals surface area contributed by atoms with E-state index >= 15 is 0 Å². The molecule has 43 heavy (non-hydrogen) atoms. The van der Waals surface area contributed by atoms with Crippen molar-refractivity contribution >= 4 is 17.5 Å². The van der Waals surface area contributed by atoms with E-state index in [1.54, 1.807) is 31.5 Å². The number of nitrogens with zero attached hydrogens (tertiary/aromatic N) is 6. The van der Waals surface area contributed by atoms with Crippen LogP contribution in [0.1, 0.15) is 18.9 Å². The monoisotopic (exact) mass is 592 g/mol. The highest BCUT2D eigenvalue weighted by Gasteiger charge is 2.54. The number of aromatic nitrogens is 3. The van der Waals surface area contributed by atoms with Crippen LogP contribution in [0.3, 0.4) is 0 Å². The van der Waals surface area contributed by atoms with Crippen molar-refractivity contribution in [2.75, 3.05) is 69.8 Å². The number of alkyl halides is 2. The van der Waals surface area contributed by atoms with Gasteiger partial charge < -0.3 is 29.7 Å². The van der Waals surface area contributed by atoms with E-state index in [0.717, 1.165) is 45.1 Å². The lowest BCUT2D eigenvalue weighted by molar-refractivity contribution is -0.169. The molecule has 11 nitrogen and oxygen atoms in total. The molecule has 6 rings (SSSR count). The number of hydrogen-bond donors (Lipinski definition) is 2. The van der Waals surface area contributed by atoms with Crippen molar-refractivity contribution in [1.29, 1.82) is 5.26 Å². The Kier molecular flexibility index (Phi) is 8.00. The predicted octanol–water partition coefficient (Wildman–Crippen LogP) is 3.45. The molecule has 3 fully saturated rings. The van der Waals surface area contributed by atoms with Gasteiger partial charge in [0.05, 0.1) is 44.2 Å². The summed E-state index contributed by atoms with van der Waals surface area (Å²) >= 11 is 0. The molecule has 2 N–H and O–H groups in total. The van der Waals surface area contributed by atoms with Crippen LogP contribution >= 0.6 is 0 Å². The molecule has 0 amide bonds. The fourth-order valence-electron chi connectivity index (χ4n) is 5.53. The van der Waals surface area contributed by atoms with Crippen LogP contribution in [0.4, 0.5) is 26.2 Å². The molecule has 0 saturated carbocycles. The second kappa shape index (κ2) is 11.9. The average molecular weight is 593 g/mol. The van der Waals surface area contributed by atoms with Crippen LogP contribution in [0.15, 0.2) is 42.6 Å². The van der Waals surface area contributed by atoms with E-state index in [1.165, 1.54) is 13.0 Å². The largest absolute Gasteiger partial charge is 0.480 e. The van der Waals surface area contributed by atoms with Crippen LogP contribution in [-0.2, 0) is 4.74 Å². The first-order chi connectivity index (χ1) is 20.8. The Hall–Kier alpha value is -4.12. The van der Waals surface area contributed by atoms with Gasteiger partial charge in [0.25, 0.3) is 5.92 Å². The standard InChI is InChI=1S/C30H34F2N8O3/c1-29(8-10-34-19-30(29,31)32)43-25-5-3-20(15-21(25)16-33)23-7-9-35-28(36-23)38-26-6-4-24(27(37-26)41-2)40-13-11-39(12-14-40)22-17-42-18-22/h3-7,9,15,22,34H,8,10-14,17-19H2,1-2H3,(H,35,36,37,38). The third-order valence-corrected chi connectivity index (χ3v) is 8.35. The Bertz CT molecular complexity index is 1510. The smallest absolute Gasteiger partial charge is 0.298 e. The minimum Gasteiger partial charge on any atom is -0.480 e. The van der Waals surface area contributed by atoms with Crippen molar-refractivity contribution in [3.8, 4) is 29.0 Å². The van der Waals surface area contributed by atoms with Crippen molar-refractivity contribution in [2.45, 2.75) is 30.9 Å². The molecule has 0 aliphatic carbocycles. The SMILES string of the molecule is COc1nc(Nc2nccc(-c3ccc(OC4(C)CCNCC4(F)F)c(C#N)c3)n2)ccc1N1CCN(C2COC2)CC1. The molecule has 2 aromatic heterocycles. The first-order valence-electron chi connectivity index (χ1n) is 14.3. The molecule has 1 aromatic carbocycles. The maximum atomic E-state index is 14.6. The molecule has 226 valence electrons. The highest BCUT2D eigenvalue weighted by Crippen LogP contribution is 2.39. The van der Waals surface area contributed by atoms with Gasteiger partial charge in [-0.15, -0.1) is 0 Å². The topological polar surface area (TPSA) is 121 Å². The summed E-state index contributed by atoms with van der Waals surface area (Å²) in [6.45, 7) is 6.60. The number of hydrogen-bond acceptors (Lipinski definition) is 11. The zero-order valence-corrected chi connectivity index (χ0v) is 24.1. The fraction of sp³-hybridized carbons (Fsp3) is 0.467. The third-order valence-electron chi connectivity index (χ3n) is 8.35. The molecule has 0 bridgehead atoms. The molecule has 3 aliphatic rings. The number of piperazine rings is 1. The minimum absolute atomic E-state index is 0.109. The van der Waals surface area contributed by atoms with Gasteiger partial charge in [0.2, 0.25) is 11.8 Å². The molecule has 1 unspecified atom stereocenters. The summed E-state index contributed by atoms with van der Waals surface area (Å²) in [5, 5.41) is 15.6. The van der Waals surface area contributed by atoms with E-state index in [4.69, 9.17) is 14.2 Å². The van der Waals surface area contributed by atoms with E-state index in [-0.39, 0.29) is 17.7 Å². The van der Waals surface area contributed by atoms with Gasteiger partial charge in [-0.1, -0.05) is 0 Å². The zero-order valence-electron chi connectivity index (χ0n) is 24.1. The molecule has 3 saturated heterocycles. The van der Waals surface area contributed by atoms with Gasteiger partial charge in [-0.25, -0.2) is 18.7 Å². The van der Waals surface area contributed by atoms with Crippen LogP contribution in [0.5, 0.6) is 11.6 Å². The molecule has 5 heterocycles. The Morgan fingerprint density at radius 1 is 1.12 bits per heavy atom. The first-order valence-corrected chi connectivity index (χ1v) is 14.3. The Morgan fingerprint density at radius 2 is 1.93 bits per heavy atom. The summed E-state index contributed by atoms with van der Waals surface area (Å²) in [4.78, 5) is 18.3. The maximum absolute atomic E-state index is 14.6. The molecular formula is C30H34F2N8O3. The Balaban J connectivity index is 1.16. The lowest BCUT2D eigenvalue weighted by Gasteiger charge is -2.43. The van der Waals surface area contributed by atoms with E-state index in [1.807, 2.05) is 12.1 Å². The summed E-state index contributed by atoms with van der Waals surface area (Å²) in [6, 6.07) is 13.0. The van der Waals surface area contributed by atoms with Crippen LogP contribution in [0, 0.1) is 11.3 Å². The van der Waals surface area contributed by atoms with Crippen molar-refractivity contribution in [3.05, 3.63) is 48.2 Å². The Labute approximate surface area is 248 Å². The number of ether oxygens (including phenoxy) is 3. The zero-order chi connectivity index (χ0) is 30.0. The molecule has 3 aromatic rings. The molecule has 3 aliphatic heterocycles. The molecule has 1 atom stereocenters. The fourth-order valence-corrected chi connectivity index (χ4v) is 5.53. The van der Waals surface area contributed by atoms with E-state index < -0.39 is 18.1 Å². The number of nitriles is 1. The molecule has 0 radical (unpaired) electrons. The molecular weight excluding hydrogens is 558 g/mol. The van der Waals surface area contributed by atoms with Crippen LogP contribution in [0.2, 0.25) is 0 Å². The first kappa shape index (κ1) is 29.0. The van der Waals surface area contributed by atoms with E-state index in [0.29, 0.717) is 41.5 Å². The minimum atomic E-state index is -3.08. The highest BCUT2D eigenvalue weighted by molar-refractivity contribution is 5.66. The second-order valence-electron chi connectivity index (χ2n) is 11.1. The van der Waals surface area contributed by atoms with Crippen LogP contribution in [-0.4, -0.2) is 97.0 Å². The van der Waals surface area contributed by atoms with Gasteiger partial charge in [-0.05, 0) is 49.9 Å². The van der Waals surface area contributed by atoms with Crippen molar-refractivity contribution in [2.24, 2.45) is 0 Å². The van der Waals surface area contributed by atoms with Crippen molar-refractivity contribution < 1.29 is 23.0 Å². The van der Waals surface area contributed by atoms with E-state index in [2.05, 4.69) is 41.5 Å².